The number of halogens is 1. The van der Waals surface area contributed by atoms with Gasteiger partial charge in [0, 0.05) is 19.5 Å². The minimum absolute atomic E-state index is 0.127. The molecule has 1 aromatic carbocycles. The average Bonchev–Trinajstić information content (AvgIpc) is 3.19. The first-order valence-electron chi connectivity index (χ1n) is 8.37. The number of carbonyl (C=O) groups is 2. The number of hydrogen-bond acceptors (Lipinski definition) is 5. The van der Waals surface area contributed by atoms with E-state index in [9.17, 15) is 19.1 Å². The van der Waals surface area contributed by atoms with Gasteiger partial charge in [-0.2, -0.15) is 0 Å². The van der Waals surface area contributed by atoms with Crippen molar-refractivity contribution < 1.29 is 19.1 Å². The second kappa shape index (κ2) is 7.19. The van der Waals surface area contributed by atoms with Crippen molar-refractivity contribution in [3.8, 4) is 0 Å². The van der Waals surface area contributed by atoms with Gasteiger partial charge in [-0.05, 0) is 41.0 Å². The van der Waals surface area contributed by atoms with Gasteiger partial charge >= 0.3 is 5.97 Å². The topological polar surface area (TPSA) is 101 Å². The van der Waals surface area contributed by atoms with Crippen LogP contribution in [0.1, 0.15) is 24.4 Å². The summed E-state index contributed by atoms with van der Waals surface area (Å²) in [7, 11) is 0. The lowest BCUT2D eigenvalue weighted by atomic mass is 9.99. The molecule has 3 rings (SSSR count). The Bertz CT molecular complexity index is 807. The molecule has 1 amide bonds. The predicted octanol–water partition coefficient (Wildman–Crippen LogP) is 1.08. The van der Waals surface area contributed by atoms with Crippen LogP contribution in [-0.2, 0) is 16.0 Å². The van der Waals surface area contributed by atoms with Crippen LogP contribution < -0.4 is 0 Å². The van der Waals surface area contributed by atoms with Crippen LogP contribution in [0.5, 0.6) is 0 Å². The lowest BCUT2D eigenvalue weighted by Gasteiger charge is -2.24. The molecule has 0 aliphatic carbocycles. The fourth-order valence-corrected chi connectivity index (χ4v) is 3.33. The number of amides is 1. The molecule has 26 heavy (non-hydrogen) atoms. The van der Waals surface area contributed by atoms with Crippen LogP contribution >= 0.6 is 0 Å². The summed E-state index contributed by atoms with van der Waals surface area (Å²) >= 11 is 0. The number of hydrogen-bond donors (Lipinski definition) is 1. The summed E-state index contributed by atoms with van der Waals surface area (Å²) in [4.78, 5) is 26.0. The van der Waals surface area contributed by atoms with Crippen molar-refractivity contribution in [1.29, 1.82) is 0 Å². The second-order valence-corrected chi connectivity index (χ2v) is 6.68. The summed E-state index contributed by atoms with van der Waals surface area (Å²) in [6, 6.07) is 5.18. The average molecular weight is 361 g/mol. The van der Waals surface area contributed by atoms with Gasteiger partial charge in [-0.3, -0.25) is 9.59 Å². The molecule has 1 aliphatic heterocycles. The quantitative estimate of drug-likeness (QED) is 0.855. The minimum atomic E-state index is -0.901. The number of aliphatic carboxylic acids is 1. The van der Waals surface area contributed by atoms with E-state index in [2.05, 4.69) is 15.5 Å². The Kier molecular flexibility index (Phi) is 4.97. The molecule has 1 N–H and O–H groups in total. The molecule has 1 saturated heterocycles. The van der Waals surface area contributed by atoms with E-state index in [1.165, 1.54) is 16.8 Å². The third-order valence-electron chi connectivity index (χ3n) is 4.82. The van der Waals surface area contributed by atoms with Crippen LogP contribution in [0.25, 0.3) is 0 Å². The zero-order valence-corrected chi connectivity index (χ0v) is 14.5. The van der Waals surface area contributed by atoms with Gasteiger partial charge in [-0.15, -0.1) is 5.10 Å². The highest BCUT2D eigenvalue weighted by atomic mass is 19.1. The molecule has 1 fully saturated rings. The van der Waals surface area contributed by atoms with Gasteiger partial charge in [0.25, 0.3) is 0 Å². The fourth-order valence-electron chi connectivity index (χ4n) is 3.33. The highest BCUT2D eigenvalue weighted by molar-refractivity contribution is 5.82. The Morgan fingerprint density at radius 3 is 2.54 bits per heavy atom. The fraction of sp³-hybridized carbons (Fsp3) is 0.471. The number of benzene rings is 1. The van der Waals surface area contributed by atoms with E-state index in [1.807, 2.05) is 6.92 Å². The maximum atomic E-state index is 13.2. The zero-order chi connectivity index (χ0) is 18.8. The van der Waals surface area contributed by atoms with Gasteiger partial charge in [-0.25, -0.2) is 9.07 Å². The third-order valence-corrected chi connectivity index (χ3v) is 4.82. The van der Waals surface area contributed by atoms with E-state index in [-0.39, 0.29) is 30.6 Å². The van der Waals surface area contributed by atoms with Gasteiger partial charge in [0.15, 0.2) is 0 Å². The van der Waals surface area contributed by atoms with Crippen LogP contribution in [-0.4, -0.2) is 55.2 Å². The Balaban J connectivity index is 1.86. The van der Waals surface area contributed by atoms with Crippen molar-refractivity contribution >= 4 is 11.9 Å². The van der Waals surface area contributed by atoms with Crippen LogP contribution in [0, 0.1) is 24.6 Å². The first kappa shape index (κ1) is 18.0. The van der Waals surface area contributed by atoms with E-state index in [1.54, 1.807) is 24.0 Å². The summed E-state index contributed by atoms with van der Waals surface area (Å²) in [5.74, 6) is -1.72. The Morgan fingerprint density at radius 2 is 2.00 bits per heavy atom. The minimum Gasteiger partial charge on any atom is -0.481 e. The van der Waals surface area contributed by atoms with Crippen molar-refractivity contribution in [1.82, 2.24) is 25.1 Å². The molecule has 0 spiro atoms. The van der Waals surface area contributed by atoms with Gasteiger partial charge in [0.05, 0.1) is 5.92 Å². The number of aryl methyl sites for hydroxylation is 1. The maximum absolute atomic E-state index is 13.2. The number of likely N-dealkylation sites (tertiary alicyclic amines) is 1. The molecule has 9 heteroatoms. The van der Waals surface area contributed by atoms with Crippen LogP contribution in [0.4, 0.5) is 4.39 Å². The third kappa shape index (κ3) is 3.56. The number of carbonyl (C=O) groups excluding carboxylic acids is 1. The summed E-state index contributed by atoms with van der Waals surface area (Å²) in [5, 5.41) is 20.7. The van der Waals surface area contributed by atoms with Crippen molar-refractivity contribution in [3.05, 3.63) is 41.5 Å². The van der Waals surface area contributed by atoms with Crippen molar-refractivity contribution in [2.45, 2.75) is 26.3 Å². The molecule has 1 unspecified atom stereocenters. The summed E-state index contributed by atoms with van der Waals surface area (Å²) in [5.41, 5.74) is 0.765. The maximum Gasteiger partial charge on any atom is 0.308 e. The molecule has 138 valence electrons. The number of aromatic nitrogens is 4. The normalized spacial score (nSPS) is 21.0. The van der Waals surface area contributed by atoms with Gasteiger partial charge < -0.3 is 10.0 Å². The van der Waals surface area contributed by atoms with Crippen LogP contribution in [0.15, 0.2) is 24.3 Å². The van der Waals surface area contributed by atoms with Crippen molar-refractivity contribution in [2.24, 2.45) is 11.8 Å². The zero-order valence-electron chi connectivity index (χ0n) is 14.5. The van der Waals surface area contributed by atoms with Crippen LogP contribution in [0.3, 0.4) is 0 Å². The van der Waals surface area contributed by atoms with Crippen molar-refractivity contribution in [3.63, 3.8) is 0 Å². The van der Waals surface area contributed by atoms with E-state index < -0.39 is 17.9 Å². The summed E-state index contributed by atoms with van der Waals surface area (Å²) < 4.78 is 14.6. The van der Waals surface area contributed by atoms with E-state index in [0.717, 1.165) is 5.56 Å². The molecule has 0 radical (unpaired) electrons. The molecule has 1 aromatic heterocycles. The molecule has 1 aliphatic rings. The van der Waals surface area contributed by atoms with Gasteiger partial charge in [0.1, 0.15) is 17.7 Å². The Hall–Kier alpha value is -2.84. The first-order chi connectivity index (χ1) is 12.4. The van der Waals surface area contributed by atoms with Crippen molar-refractivity contribution in [2.75, 3.05) is 13.1 Å². The molecule has 2 aromatic rings. The lowest BCUT2D eigenvalue weighted by Crippen LogP contribution is -2.38. The molecule has 0 saturated carbocycles. The highest BCUT2D eigenvalue weighted by Crippen LogP contribution is 2.27. The highest BCUT2D eigenvalue weighted by Gasteiger charge is 2.40. The number of carboxylic acid groups (broad SMARTS) is 1. The Morgan fingerprint density at radius 1 is 1.31 bits per heavy atom. The lowest BCUT2D eigenvalue weighted by molar-refractivity contribution is -0.142. The molecule has 2 heterocycles. The number of nitrogens with zero attached hydrogens (tertiary/aromatic N) is 5. The van der Waals surface area contributed by atoms with Gasteiger partial charge in [0.2, 0.25) is 5.91 Å². The summed E-state index contributed by atoms with van der Waals surface area (Å²) in [6.07, 6.45) is 0.285. The molecule has 0 bridgehead atoms. The monoisotopic (exact) mass is 361 g/mol. The predicted molar refractivity (Wildman–Crippen MR) is 88.6 cm³/mol. The van der Waals surface area contributed by atoms with E-state index in [0.29, 0.717) is 12.4 Å². The van der Waals surface area contributed by atoms with Crippen LogP contribution in [0.2, 0.25) is 0 Å². The Labute approximate surface area is 149 Å². The number of rotatable bonds is 5. The first-order valence-corrected chi connectivity index (χ1v) is 8.37. The number of tetrazole rings is 1. The molecule has 8 nitrogen and oxygen atoms in total. The molecular formula is C17H20FN5O3. The number of carboxylic acids is 1. The molecular weight excluding hydrogens is 341 g/mol. The second-order valence-electron chi connectivity index (χ2n) is 6.68. The van der Waals surface area contributed by atoms with E-state index >= 15 is 0 Å². The smallest absolute Gasteiger partial charge is 0.308 e. The summed E-state index contributed by atoms with van der Waals surface area (Å²) in [6.45, 7) is 4.05. The largest absolute Gasteiger partial charge is 0.481 e. The van der Waals surface area contributed by atoms with Gasteiger partial charge in [-0.1, -0.05) is 19.1 Å². The SMILES string of the molecule is Cc1nnnn1C(Cc1ccc(F)cc1)C(=O)N1C[C@@H](C)[C@H](C(=O)O)C1. The van der Waals surface area contributed by atoms with E-state index in [4.69, 9.17) is 0 Å². The molecule has 3 atom stereocenters. The standard InChI is InChI=1S/C17H20FN5O3/c1-10-8-22(9-14(10)17(25)26)16(24)15(23-11(2)19-20-21-23)7-12-3-5-13(18)6-4-12/h3-6,10,14-15H,7-9H2,1-2H3,(H,25,26)/t10-,14-,15?/m1/s1.